The van der Waals surface area contributed by atoms with Crippen LogP contribution in [-0.4, -0.2) is 72.4 Å². The molecule has 30 heavy (non-hydrogen) atoms. The summed E-state index contributed by atoms with van der Waals surface area (Å²) in [6.45, 7) is 3.85. The van der Waals surface area contributed by atoms with Gasteiger partial charge >= 0.3 is 11.9 Å². The van der Waals surface area contributed by atoms with Crippen LogP contribution in [0.3, 0.4) is 0 Å². The van der Waals surface area contributed by atoms with Crippen LogP contribution in [0.2, 0.25) is 0 Å². The van der Waals surface area contributed by atoms with Crippen LogP contribution in [-0.2, 0) is 51.2 Å². The van der Waals surface area contributed by atoms with E-state index in [4.69, 9.17) is 38.6 Å². The van der Waals surface area contributed by atoms with E-state index in [9.17, 15) is 9.59 Å². The highest BCUT2D eigenvalue weighted by Gasteiger charge is 2.41. The van der Waals surface area contributed by atoms with Crippen LogP contribution < -0.4 is 0 Å². The van der Waals surface area contributed by atoms with Crippen molar-refractivity contribution < 1.29 is 48.2 Å². The largest absolute Gasteiger partial charge is 0.477 e. The van der Waals surface area contributed by atoms with Crippen LogP contribution in [0.1, 0.15) is 25.0 Å². The number of carboxylic acids is 2. The van der Waals surface area contributed by atoms with Crippen molar-refractivity contribution >= 4 is 11.9 Å². The Balaban J connectivity index is 1.42. The molecule has 1 aromatic carbocycles. The molecule has 0 unspecified atom stereocenters. The summed E-state index contributed by atoms with van der Waals surface area (Å²) in [6.07, 6.45) is -0.727. The second-order valence-electron chi connectivity index (χ2n) is 7.43. The summed E-state index contributed by atoms with van der Waals surface area (Å²) in [4.78, 5) is 22.2. The van der Waals surface area contributed by atoms with E-state index in [1.165, 1.54) is 13.8 Å². The smallest absolute Gasteiger partial charge is 0.364 e. The molecule has 0 amide bonds. The summed E-state index contributed by atoms with van der Waals surface area (Å²) in [7, 11) is 0. The Kier molecular flexibility index (Phi) is 7.06. The molecule has 2 heterocycles. The Morgan fingerprint density at radius 2 is 1.23 bits per heavy atom. The predicted octanol–water partition coefficient (Wildman–Crippen LogP) is 1.15. The van der Waals surface area contributed by atoms with Gasteiger partial charge in [-0.3, -0.25) is 0 Å². The highest BCUT2D eigenvalue weighted by Crippen LogP contribution is 2.22. The van der Waals surface area contributed by atoms with Crippen molar-refractivity contribution in [1.82, 2.24) is 0 Å². The van der Waals surface area contributed by atoms with Crippen LogP contribution in [0.15, 0.2) is 24.3 Å². The molecule has 166 valence electrons. The first-order valence-electron chi connectivity index (χ1n) is 9.54. The van der Waals surface area contributed by atoms with Gasteiger partial charge in [0.05, 0.1) is 39.6 Å². The van der Waals surface area contributed by atoms with Crippen LogP contribution in [0, 0.1) is 0 Å². The van der Waals surface area contributed by atoms with Crippen molar-refractivity contribution in [2.75, 3.05) is 26.4 Å². The SMILES string of the molecule is CC1(C(=O)O)OCC(OCc2cccc(COC3COC(C)(C(=O)O)OC3)c2)CO1. The lowest BCUT2D eigenvalue weighted by atomic mass is 10.1. The molecule has 10 heteroatoms. The summed E-state index contributed by atoms with van der Waals surface area (Å²) >= 11 is 0. The molecular weight excluding hydrogens is 400 g/mol. The van der Waals surface area contributed by atoms with Gasteiger partial charge in [0.1, 0.15) is 12.2 Å². The molecular formula is C20H26O10. The number of rotatable bonds is 8. The average molecular weight is 426 g/mol. The Labute approximate surface area is 173 Å². The van der Waals surface area contributed by atoms with Gasteiger partial charge in [0.15, 0.2) is 0 Å². The fourth-order valence-electron chi connectivity index (χ4n) is 2.86. The van der Waals surface area contributed by atoms with Gasteiger partial charge in [0, 0.05) is 13.8 Å². The average Bonchev–Trinajstić information content (AvgIpc) is 2.73. The van der Waals surface area contributed by atoms with Crippen molar-refractivity contribution in [3.63, 3.8) is 0 Å². The molecule has 2 aliphatic rings. The molecule has 0 aliphatic carbocycles. The lowest BCUT2D eigenvalue weighted by molar-refractivity contribution is -0.285. The van der Waals surface area contributed by atoms with Crippen molar-refractivity contribution in [2.24, 2.45) is 0 Å². The minimum Gasteiger partial charge on any atom is -0.477 e. The standard InChI is InChI=1S/C20H26O10/c1-19(17(21)22)27-9-15(10-28-19)25-7-13-4-3-5-14(6-13)8-26-16-11-29-20(2,18(23)24)30-12-16/h3-6,15-16H,7-12H2,1-2H3,(H,21,22)(H,23,24). The summed E-state index contributed by atoms with van der Waals surface area (Å²) in [5.41, 5.74) is 1.83. The molecule has 0 radical (unpaired) electrons. The first kappa shape index (κ1) is 22.6. The molecule has 0 atom stereocenters. The molecule has 0 spiro atoms. The Hall–Kier alpha value is -2.08. The van der Waals surface area contributed by atoms with E-state index >= 15 is 0 Å². The molecule has 10 nitrogen and oxygen atoms in total. The van der Waals surface area contributed by atoms with Crippen LogP contribution in [0.5, 0.6) is 0 Å². The molecule has 2 fully saturated rings. The van der Waals surface area contributed by atoms with Crippen molar-refractivity contribution in [3.05, 3.63) is 35.4 Å². The second-order valence-corrected chi connectivity index (χ2v) is 7.43. The number of hydrogen-bond donors (Lipinski definition) is 2. The number of hydrogen-bond acceptors (Lipinski definition) is 8. The van der Waals surface area contributed by atoms with E-state index in [-0.39, 0.29) is 38.6 Å². The molecule has 0 saturated carbocycles. The fourth-order valence-corrected chi connectivity index (χ4v) is 2.86. The topological polar surface area (TPSA) is 130 Å². The molecule has 0 aromatic heterocycles. The highest BCUT2D eigenvalue weighted by atomic mass is 16.7. The number of aliphatic carboxylic acids is 2. The van der Waals surface area contributed by atoms with Crippen LogP contribution in [0.25, 0.3) is 0 Å². The summed E-state index contributed by atoms with van der Waals surface area (Å²) < 4.78 is 32.6. The van der Waals surface area contributed by atoms with Gasteiger partial charge in [-0.1, -0.05) is 24.3 Å². The highest BCUT2D eigenvalue weighted by molar-refractivity contribution is 5.75. The van der Waals surface area contributed by atoms with E-state index in [0.717, 1.165) is 11.1 Å². The maximum Gasteiger partial charge on any atom is 0.364 e. The zero-order valence-corrected chi connectivity index (χ0v) is 16.9. The van der Waals surface area contributed by atoms with Gasteiger partial charge in [-0.05, 0) is 11.1 Å². The van der Waals surface area contributed by atoms with Crippen molar-refractivity contribution in [1.29, 1.82) is 0 Å². The Morgan fingerprint density at radius 1 is 0.867 bits per heavy atom. The molecule has 1 aromatic rings. The lowest BCUT2D eigenvalue weighted by Crippen LogP contribution is -2.50. The molecule has 2 aliphatic heterocycles. The van der Waals surface area contributed by atoms with E-state index in [2.05, 4.69) is 0 Å². The zero-order valence-electron chi connectivity index (χ0n) is 16.9. The molecule has 2 saturated heterocycles. The number of benzene rings is 1. The first-order valence-corrected chi connectivity index (χ1v) is 9.54. The van der Waals surface area contributed by atoms with E-state index < -0.39 is 23.5 Å². The Morgan fingerprint density at radius 3 is 1.57 bits per heavy atom. The Bertz CT molecular complexity index is 688. The molecule has 3 rings (SSSR count). The van der Waals surface area contributed by atoms with Gasteiger partial charge in [-0.25, -0.2) is 9.59 Å². The zero-order chi connectivity index (χ0) is 21.8. The third kappa shape index (κ3) is 5.54. The van der Waals surface area contributed by atoms with Crippen molar-refractivity contribution in [3.8, 4) is 0 Å². The predicted molar refractivity (Wildman–Crippen MR) is 99.5 cm³/mol. The number of carbonyl (C=O) groups is 2. The third-order valence-corrected chi connectivity index (χ3v) is 4.92. The maximum absolute atomic E-state index is 11.1. The van der Waals surface area contributed by atoms with Crippen molar-refractivity contribution in [2.45, 2.75) is 50.8 Å². The number of carboxylic acid groups (broad SMARTS) is 2. The lowest BCUT2D eigenvalue weighted by Gasteiger charge is -2.34. The van der Waals surface area contributed by atoms with Gasteiger partial charge in [0.2, 0.25) is 0 Å². The van der Waals surface area contributed by atoms with E-state index in [1.54, 1.807) is 0 Å². The van der Waals surface area contributed by atoms with Crippen LogP contribution in [0.4, 0.5) is 0 Å². The van der Waals surface area contributed by atoms with E-state index in [1.807, 2.05) is 24.3 Å². The third-order valence-electron chi connectivity index (χ3n) is 4.92. The quantitative estimate of drug-likeness (QED) is 0.624. The molecule has 2 N–H and O–H groups in total. The monoisotopic (exact) mass is 426 g/mol. The van der Waals surface area contributed by atoms with Crippen LogP contribution >= 0.6 is 0 Å². The molecule has 0 bridgehead atoms. The number of ether oxygens (including phenoxy) is 6. The minimum absolute atomic E-state index is 0.128. The summed E-state index contributed by atoms with van der Waals surface area (Å²) in [6, 6.07) is 7.61. The summed E-state index contributed by atoms with van der Waals surface area (Å²) in [5, 5.41) is 18.1. The first-order chi connectivity index (χ1) is 14.2. The normalized spacial score (nSPS) is 31.9. The fraction of sp³-hybridized carbons (Fsp3) is 0.600. The van der Waals surface area contributed by atoms with Gasteiger partial charge < -0.3 is 38.6 Å². The maximum atomic E-state index is 11.1. The van der Waals surface area contributed by atoms with E-state index in [0.29, 0.717) is 13.2 Å². The van der Waals surface area contributed by atoms with Gasteiger partial charge in [-0.15, -0.1) is 0 Å². The van der Waals surface area contributed by atoms with Gasteiger partial charge in [0.25, 0.3) is 11.6 Å². The minimum atomic E-state index is -1.63. The summed E-state index contributed by atoms with van der Waals surface area (Å²) in [5.74, 6) is -5.61. The van der Waals surface area contributed by atoms with Gasteiger partial charge in [-0.2, -0.15) is 0 Å². The second kappa shape index (κ2) is 9.38.